The van der Waals surface area contributed by atoms with Crippen molar-refractivity contribution < 1.29 is 0 Å². The highest BCUT2D eigenvalue weighted by atomic mass is 15.1. The van der Waals surface area contributed by atoms with Crippen LogP contribution in [0.2, 0.25) is 0 Å². The van der Waals surface area contributed by atoms with Crippen molar-refractivity contribution in [3.8, 4) is 44.5 Å². The Morgan fingerprint density at radius 1 is 0.411 bits per heavy atom. The molecule has 0 unspecified atom stereocenters. The molecule has 0 aliphatic heterocycles. The lowest BCUT2D eigenvalue weighted by Crippen LogP contribution is -2.55. The minimum Gasteiger partial charge on any atom is -0.310 e. The molecule has 0 aromatic heterocycles. The van der Waals surface area contributed by atoms with Crippen LogP contribution in [-0.2, 0) is 10.8 Å². The maximum atomic E-state index is 2.66. The number of anilines is 3. The van der Waals surface area contributed by atoms with E-state index >= 15 is 0 Å². The maximum absolute atomic E-state index is 2.66. The highest BCUT2D eigenvalue weighted by Gasteiger charge is 2.61. The summed E-state index contributed by atoms with van der Waals surface area (Å²) in [6, 6.07) is 62.4. The van der Waals surface area contributed by atoms with Crippen LogP contribution < -0.4 is 4.90 Å². The zero-order valence-electron chi connectivity index (χ0n) is 32.4. The van der Waals surface area contributed by atoms with E-state index in [1.807, 2.05) is 0 Å². The molecular formula is C55H47N. The Kier molecular flexibility index (Phi) is 6.93. The minimum atomic E-state index is -0.105. The Bertz CT molecular complexity index is 2660. The number of hydrogen-bond donors (Lipinski definition) is 0. The summed E-state index contributed by atoms with van der Waals surface area (Å²) in [5.41, 5.74) is 20.3. The molecule has 56 heavy (non-hydrogen) atoms. The third-order valence-corrected chi connectivity index (χ3v) is 15.1. The molecule has 7 aromatic carbocycles. The second-order valence-electron chi connectivity index (χ2n) is 18.1. The van der Waals surface area contributed by atoms with Gasteiger partial charge in [-0.1, -0.05) is 147 Å². The number of rotatable bonds is 5. The van der Waals surface area contributed by atoms with Gasteiger partial charge in [0.1, 0.15) is 0 Å². The van der Waals surface area contributed by atoms with Gasteiger partial charge in [0, 0.05) is 27.8 Å². The quantitative estimate of drug-likeness (QED) is 0.171. The Balaban J connectivity index is 1.13. The molecule has 0 N–H and O–H groups in total. The van der Waals surface area contributed by atoms with Crippen molar-refractivity contribution in [3.05, 3.63) is 186 Å². The van der Waals surface area contributed by atoms with Crippen LogP contribution in [-0.4, -0.2) is 0 Å². The van der Waals surface area contributed by atoms with Gasteiger partial charge in [0.2, 0.25) is 0 Å². The molecule has 272 valence electrons. The first-order valence-electron chi connectivity index (χ1n) is 21.0. The van der Waals surface area contributed by atoms with Gasteiger partial charge in [0.15, 0.2) is 0 Å². The van der Waals surface area contributed by atoms with Crippen LogP contribution in [0.5, 0.6) is 0 Å². The lowest BCUT2D eigenvalue weighted by atomic mass is 9.43. The van der Waals surface area contributed by atoms with Crippen molar-refractivity contribution in [1.82, 2.24) is 0 Å². The summed E-state index contributed by atoms with van der Waals surface area (Å²) in [7, 11) is 0. The third kappa shape index (κ3) is 4.43. The van der Waals surface area contributed by atoms with Gasteiger partial charge in [0.25, 0.3) is 0 Å². The fourth-order valence-corrected chi connectivity index (χ4v) is 13.0. The summed E-state index contributed by atoms with van der Waals surface area (Å²) >= 11 is 0. The van der Waals surface area contributed by atoms with Crippen molar-refractivity contribution in [2.75, 3.05) is 4.90 Å². The molecule has 0 saturated heterocycles. The van der Waals surface area contributed by atoms with E-state index in [1.165, 1.54) is 105 Å². The van der Waals surface area contributed by atoms with Gasteiger partial charge in [-0.2, -0.15) is 0 Å². The summed E-state index contributed by atoms with van der Waals surface area (Å²) < 4.78 is 0. The lowest BCUT2D eigenvalue weighted by Gasteiger charge is -2.61. The fourth-order valence-electron chi connectivity index (χ4n) is 13.0. The van der Waals surface area contributed by atoms with E-state index < -0.39 is 0 Å². The average Bonchev–Trinajstić information content (AvgIpc) is 3.65. The topological polar surface area (TPSA) is 3.24 Å². The predicted molar refractivity (Wildman–Crippen MR) is 233 cm³/mol. The van der Waals surface area contributed by atoms with Crippen LogP contribution in [0.25, 0.3) is 44.5 Å². The normalized spacial score (nSPS) is 24.1. The van der Waals surface area contributed by atoms with Gasteiger partial charge >= 0.3 is 0 Å². The van der Waals surface area contributed by atoms with E-state index in [1.54, 1.807) is 11.1 Å². The van der Waals surface area contributed by atoms with Gasteiger partial charge in [-0.25, -0.2) is 0 Å². The molecule has 6 aliphatic rings. The van der Waals surface area contributed by atoms with Crippen molar-refractivity contribution in [1.29, 1.82) is 0 Å². The first kappa shape index (κ1) is 32.6. The Morgan fingerprint density at radius 2 is 0.911 bits per heavy atom. The lowest BCUT2D eigenvalue weighted by molar-refractivity contribution is -0.0399. The van der Waals surface area contributed by atoms with Crippen LogP contribution in [0.15, 0.2) is 164 Å². The van der Waals surface area contributed by atoms with Gasteiger partial charge < -0.3 is 4.90 Å². The Labute approximate surface area is 331 Å². The van der Waals surface area contributed by atoms with E-state index in [9.17, 15) is 0 Å². The van der Waals surface area contributed by atoms with Gasteiger partial charge in [0.05, 0.1) is 5.69 Å². The van der Waals surface area contributed by atoms with Crippen molar-refractivity contribution in [3.63, 3.8) is 0 Å². The number of fused-ring (bicyclic) bond motifs is 6. The first-order chi connectivity index (χ1) is 27.5. The van der Waals surface area contributed by atoms with Crippen LogP contribution in [0.4, 0.5) is 17.1 Å². The molecule has 0 atom stereocenters. The standard InChI is InChI=1S/C55H47N/c1-54(2)48-21-11-9-18-44(48)46-26-24-41(33-50(46)54)56(52-23-13-20-43(37-14-5-3-6-15-37)53(52)38-16-7-4-8-17-38)42-25-27-47-45-19-10-12-22-49(45)55(51(47)34-42)39-29-35-28-36(31-39)32-40(55)30-35/h3-27,33-36,39-40H,28-32H2,1-2H3. The summed E-state index contributed by atoms with van der Waals surface area (Å²) in [6.45, 7) is 4.81. The molecule has 0 amide bonds. The average molecular weight is 722 g/mol. The van der Waals surface area contributed by atoms with Gasteiger partial charge in [-0.15, -0.1) is 0 Å². The largest absolute Gasteiger partial charge is 0.310 e. The molecule has 6 aliphatic carbocycles. The number of hydrogen-bond acceptors (Lipinski definition) is 1. The van der Waals surface area contributed by atoms with E-state index in [4.69, 9.17) is 0 Å². The molecule has 1 heteroatoms. The second-order valence-corrected chi connectivity index (χ2v) is 18.1. The third-order valence-electron chi connectivity index (χ3n) is 15.1. The number of benzene rings is 7. The predicted octanol–water partition coefficient (Wildman–Crippen LogP) is 14.5. The molecule has 4 saturated carbocycles. The zero-order chi connectivity index (χ0) is 37.2. The molecular weight excluding hydrogens is 675 g/mol. The van der Waals surface area contributed by atoms with Crippen molar-refractivity contribution >= 4 is 17.1 Å². The minimum absolute atomic E-state index is 0.0940. The molecule has 13 rings (SSSR count). The van der Waals surface area contributed by atoms with Crippen LogP contribution >= 0.6 is 0 Å². The maximum Gasteiger partial charge on any atom is 0.0546 e. The molecule has 0 heterocycles. The molecule has 4 fully saturated rings. The van der Waals surface area contributed by atoms with Crippen LogP contribution in [0, 0.1) is 23.7 Å². The SMILES string of the molecule is CC1(C)c2ccccc2-c2ccc(N(c3ccc4c(c3)C3(c5ccccc5-4)C4CC5CC(C4)CC3C5)c3cccc(-c4ccccc4)c3-c3ccccc3)cc21. The van der Waals surface area contributed by atoms with Gasteiger partial charge in [-0.05, 0) is 147 Å². The van der Waals surface area contributed by atoms with Crippen molar-refractivity contribution in [2.24, 2.45) is 23.7 Å². The van der Waals surface area contributed by atoms with Crippen LogP contribution in [0.3, 0.4) is 0 Å². The highest BCUT2D eigenvalue weighted by Crippen LogP contribution is 2.69. The van der Waals surface area contributed by atoms with E-state index in [-0.39, 0.29) is 10.8 Å². The van der Waals surface area contributed by atoms with Crippen molar-refractivity contribution in [2.45, 2.75) is 56.8 Å². The fraction of sp³-hybridized carbons (Fsp3) is 0.236. The first-order valence-corrected chi connectivity index (χ1v) is 21.0. The summed E-state index contributed by atoms with van der Waals surface area (Å²) in [5.74, 6) is 3.25. The molecule has 0 radical (unpaired) electrons. The zero-order valence-corrected chi connectivity index (χ0v) is 32.4. The van der Waals surface area contributed by atoms with Gasteiger partial charge in [-0.3, -0.25) is 0 Å². The summed E-state index contributed by atoms with van der Waals surface area (Å²) in [5, 5.41) is 0. The summed E-state index contributed by atoms with van der Waals surface area (Å²) in [4.78, 5) is 2.61. The smallest absolute Gasteiger partial charge is 0.0546 e. The van der Waals surface area contributed by atoms with E-state index in [2.05, 4.69) is 183 Å². The Morgan fingerprint density at radius 3 is 1.57 bits per heavy atom. The highest BCUT2D eigenvalue weighted by molar-refractivity contribution is 5.98. The monoisotopic (exact) mass is 721 g/mol. The van der Waals surface area contributed by atoms with Crippen LogP contribution in [0.1, 0.15) is 68.2 Å². The van der Waals surface area contributed by atoms with E-state index in [0.29, 0.717) is 11.8 Å². The molecule has 1 nitrogen and oxygen atoms in total. The van der Waals surface area contributed by atoms with E-state index in [0.717, 1.165) is 11.8 Å². The second kappa shape index (κ2) is 11.9. The number of nitrogens with zero attached hydrogens (tertiary/aromatic N) is 1. The summed E-state index contributed by atoms with van der Waals surface area (Å²) in [6.07, 6.45) is 6.99. The molecule has 1 spiro atoms. The Hall–Kier alpha value is -5.66. The molecule has 7 aromatic rings. The molecule has 4 bridgehead atoms.